The number of allylic oxidation sites excluding steroid dienone is 2. The van der Waals surface area contributed by atoms with Crippen LogP contribution in [0.4, 0.5) is 0 Å². The number of rotatable bonds is 7. The maximum atomic E-state index is 10.1. The Morgan fingerprint density at radius 3 is 2.42 bits per heavy atom. The monoisotopic (exact) mass is 168 g/mol. The molecule has 0 bridgehead atoms. The van der Waals surface area contributed by atoms with Crippen molar-refractivity contribution in [3.05, 3.63) is 11.6 Å². The maximum absolute atomic E-state index is 10.1. The molecule has 0 aromatic carbocycles. The molecule has 0 unspecified atom stereocenters. The van der Waals surface area contributed by atoms with Gasteiger partial charge in [0.1, 0.15) is 6.29 Å². The molecule has 0 aliphatic carbocycles. The topological polar surface area (TPSA) is 17.1 Å². The van der Waals surface area contributed by atoms with E-state index in [-0.39, 0.29) is 0 Å². The summed E-state index contributed by atoms with van der Waals surface area (Å²) in [5, 5.41) is 0. The van der Waals surface area contributed by atoms with Gasteiger partial charge in [-0.15, -0.1) is 0 Å². The van der Waals surface area contributed by atoms with Crippen LogP contribution >= 0.6 is 0 Å². The lowest BCUT2D eigenvalue weighted by Gasteiger charge is -1.99. The van der Waals surface area contributed by atoms with E-state index < -0.39 is 0 Å². The molecule has 0 aliphatic rings. The van der Waals surface area contributed by atoms with Crippen LogP contribution in [0.25, 0.3) is 0 Å². The van der Waals surface area contributed by atoms with E-state index in [1.54, 1.807) is 6.08 Å². The molecule has 0 atom stereocenters. The third kappa shape index (κ3) is 7.52. The second-order valence-corrected chi connectivity index (χ2v) is 3.31. The van der Waals surface area contributed by atoms with Crippen molar-refractivity contribution < 1.29 is 4.79 Å². The average molecular weight is 168 g/mol. The molecule has 0 radical (unpaired) electrons. The zero-order valence-electron chi connectivity index (χ0n) is 8.31. The fraction of sp³-hybridized carbons (Fsp3) is 0.727. The highest BCUT2D eigenvalue weighted by molar-refractivity contribution is 5.65. The number of carbonyl (C=O) groups excluding carboxylic acids is 1. The van der Waals surface area contributed by atoms with E-state index >= 15 is 0 Å². The quantitative estimate of drug-likeness (QED) is 0.323. The summed E-state index contributed by atoms with van der Waals surface area (Å²) in [5.74, 6) is 0. The predicted molar refractivity (Wildman–Crippen MR) is 53.2 cm³/mol. The van der Waals surface area contributed by atoms with Crippen LogP contribution in [0.5, 0.6) is 0 Å². The number of hydrogen-bond donors (Lipinski definition) is 0. The molecule has 0 rings (SSSR count). The zero-order valence-corrected chi connectivity index (χ0v) is 8.31. The number of aldehydes is 1. The van der Waals surface area contributed by atoms with Crippen molar-refractivity contribution in [2.45, 2.75) is 52.4 Å². The minimum Gasteiger partial charge on any atom is -0.299 e. The molecule has 0 heterocycles. The Bertz CT molecular complexity index is 136. The van der Waals surface area contributed by atoms with Gasteiger partial charge in [0.2, 0.25) is 0 Å². The minimum atomic E-state index is 0.876. The van der Waals surface area contributed by atoms with Gasteiger partial charge in [-0.3, -0.25) is 4.79 Å². The van der Waals surface area contributed by atoms with E-state index in [9.17, 15) is 4.79 Å². The van der Waals surface area contributed by atoms with E-state index in [0.717, 1.165) is 12.7 Å². The van der Waals surface area contributed by atoms with E-state index in [4.69, 9.17) is 0 Å². The fourth-order valence-electron chi connectivity index (χ4n) is 1.21. The van der Waals surface area contributed by atoms with Crippen LogP contribution in [0, 0.1) is 0 Å². The first-order chi connectivity index (χ1) is 5.81. The van der Waals surface area contributed by atoms with E-state index in [1.165, 1.54) is 37.7 Å². The second-order valence-electron chi connectivity index (χ2n) is 3.31. The maximum Gasteiger partial charge on any atom is 0.142 e. The van der Waals surface area contributed by atoms with Gasteiger partial charge < -0.3 is 0 Å². The molecule has 70 valence electrons. The molecule has 0 amide bonds. The Kier molecular flexibility index (Phi) is 8.09. The SMILES string of the molecule is CCCCCCC/C(C)=C/C=O. The average Bonchev–Trinajstić information content (AvgIpc) is 2.05. The fourth-order valence-corrected chi connectivity index (χ4v) is 1.21. The van der Waals surface area contributed by atoms with Gasteiger partial charge in [-0.25, -0.2) is 0 Å². The molecular formula is C11H20O. The molecule has 0 aromatic heterocycles. The smallest absolute Gasteiger partial charge is 0.142 e. The standard InChI is InChI=1S/C11H20O/c1-3-4-5-6-7-8-11(2)9-10-12/h9-10H,3-8H2,1-2H3/b11-9+. The highest BCUT2D eigenvalue weighted by Gasteiger charge is 1.90. The summed E-state index contributed by atoms with van der Waals surface area (Å²) in [6.07, 6.45) is 10.1. The van der Waals surface area contributed by atoms with E-state index in [1.807, 2.05) is 6.92 Å². The highest BCUT2D eigenvalue weighted by atomic mass is 16.1. The first-order valence-electron chi connectivity index (χ1n) is 4.92. The minimum absolute atomic E-state index is 0.876. The van der Waals surface area contributed by atoms with Crippen LogP contribution in [0.3, 0.4) is 0 Å². The molecule has 1 heteroatoms. The van der Waals surface area contributed by atoms with Gasteiger partial charge in [0, 0.05) is 0 Å². The molecule has 0 N–H and O–H groups in total. The first-order valence-corrected chi connectivity index (χ1v) is 4.92. The molecule has 0 fully saturated rings. The van der Waals surface area contributed by atoms with Crippen LogP contribution in [-0.2, 0) is 4.79 Å². The normalized spacial score (nSPS) is 11.7. The molecule has 0 aromatic rings. The number of carbonyl (C=O) groups is 1. The lowest BCUT2D eigenvalue weighted by molar-refractivity contribution is -0.104. The van der Waals surface area contributed by atoms with Crippen molar-refractivity contribution in [1.29, 1.82) is 0 Å². The molecule has 0 aliphatic heterocycles. The Balaban J connectivity index is 3.19. The lowest BCUT2D eigenvalue weighted by atomic mass is 10.1. The first kappa shape index (κ1) is 11.4. The summed E-state index contributed by atoms with van der Waals surface area (Å²) in [5.41, 5.74) is 1.21. The van der Waals surface area contributed by atoms with Crippen molar-refractivity contribution in [1.82, 2.24) is 0 Å². The molecule has 0 saturated carbocycles. The number of unbranched alkanes of at least 4 members (excludes halogenated alkanes) is 4. The van der Waals surface area contributed by atoms with Gasteiger partial charge >= 0.3 is 0 Å². The summed E-state index contributed by atoms with van der Waals surface area (Å²) >= 11 is 0. The third-order valence-electron chi connectivity index (χ3n) is 2.03. The van der Waals surface area contributed by atoms with E-state index in [0.29, 0.717) is 0 Å². The predicted octanol–water partition coefficient (Wildman–Crippen LogP) is 3.49. The summed E-state index contributed by atoms with van der Waals surface area (Å²) < 4.78 is 0. The van der Waals surface area contributed by atoms with Crippen molar-refractivity contribution in [3.63, 3.8) is 0 Å². The van der Waals surface area contributed by atoms with Crippen LogP contribution < -0.4 is 0 Å². The molecular weight excluding hydrogens is 148 g/mol. The third-order valence-corrected chi connectivity index (χ3v) is 2.03. The zero-order chi connectivity index (χ0) is 9.23. The second kappa shape index (κ2) is 8.51. The summed E-state index contributed by atoms with van der Waals surface area (Å²) in [7, 11) is 0. The molecule has 0 saturated heterocycles. The summed E-state index contributed by atoms with van der Waals surface area (Å²) in [6.45, 7) is 4.24. The van der Waals surface area contributed by atoms with Crippen LogP contribution in [0.2, 0.25) is 0 Å². The van der Waals surface area contributed by atoms with Gasteiger partial charge in [-0.2, -0.15) is 0 Å². The van der Waals surface area contributed by atoms with Crippen molar-refractivity contribution in [2.24, 2.45) is 0 Å². The van der Waals surface area contributed by atoms with Crippen molar-refractivity contribution in [3.8, 4) is 0 Å². The van der Waals surface area contributed by atoms with Gasteiger partial charge in [0.15, 0.2) is 0 Å². The Morgan fingerprint density at radius 1 is 1.17 bits per heavy atom. The Labute approximate surface area is 75.9 Å². The van der Waals surface area contributed by atoms with Crippen LogP contribution in [0.15, 0.2) is 11.6 Å². The molecule has 1 nitrogen and oxygen atoms in total. The Morgan fingerprint density at radius 2 is 1.83 bits per heavy atom. The van der Waals surface area contributed by atoms with E-state index in [2.05, 4.69) is 6.92 Å². The van der Waals surface area contributed by atoms with Gasteiger partial charge in [0.05, 0.1) is 0 Å². The van der Waals surface area contributed by atoms with Crippen molar-refractivity contribution in [2.75, 3.05) is 0 Å². The Hall–Kier alpha value is -0.590. The summed E-state index contributed by atoms with van der Waals surface area (Å²) in [6, 6.07) is 0. The van der Waals surface area contributed by atoms with Gasteiger partial charge in [0.25, 0.3) is 0 Å². The van der Waals surface area contributed by atoms with Crippen LogP contribution in [-0.4, -0.2) is 6.29 Å². The highest BCUT2D eigenvalue weighted by Crippen LogP contribution is 2.09. The lowest BCUT2D eigenvalue weighted by Crippen LogP contribution is -1.81. The molecule has 0 spiro atoms. The number of hydrogen-bond acceptors (Lipinski definition) is 1. The van der Waals surface area contributed by atoms with Crippen molar-refractivity contribution >= 4 is 6.29 Å². The molecule has 12 heavy (non-hydrogen) atoms. The van der Waals surface area contributed by atoms with Crippen LogP contribution in [0.1, 0.15) is 52.4 Å². The van der Waals surface area contributed by atoms with Gasteiger partial charge in [-0.05, 0) is 25.8 Å². The largest absolute Gasteiger partial charge is 0.299 e. The summed E-state index contributed by atoms with van der Waals surface area (Å²) in [4.78, 5) is 10.1. The van der Waals surface area contributed by atoms with Gasteiger partial charge in [-0.1, -0.05) is 38.2 Å².